The van der Waals surface area contributed by atoms with Crippen molar-refractivity contribution in [3.05, 3.63) is 128 Å². The van der Waals surface area contributed by atoms with Crippen LogP contribution in [0.2, 0.25) is 0 Å². The molecule has 0 saturated carbocycles. The van der Waals surface area contributed by atoms with E-state index in [1.807, 2.05) is 96.8 Å². The quantitative estimate of drug-likeness (QED) is 0.167. The maximum atomic E-state index is 13.8. The van der Waals surface area contributed by atoms with E-state index >= 15 is 0 Å². The van der Waals surface area contributed by atoms with Gasteiger partial charge < -0.3 is 21.4 Å². The van der Waals surface area contributed by atoms with Crippen LogP contribution in [0.4, 0.5) is 0 Å². The van der Waals surface area contributed by atoms with E-state index in [1.54, 1.807) is 16.7 Å². The van der Waals surface area contributed by atoms with Crippen LogP contribution in [0.15, 0.2) is 116 Å². The number of halogens is 3. The summed E-state index contributed by atoms with van der Waals surface area (Å²) in [5, 5.41) is 0.846. The molecule has 302 valence electrons. The van der Waals surface area contributed by atoms with Crippen LogP contribution in [-0.2, 0) is 20.7 Å². The second kappa shape index (κ2) is 19.1. The molecule has 2 spiro atoms. The van der Waals surface area contributed by atoms with E-state index < -0.39 is 11.1 Å². The van der Waals surface area contributed by atoms with Crippen LogP contribution in [-0.4, -0.2) is 51.6 Å². The smallest absolute Gasteiger partial charge is 0.262 e. The Labute approximate surface area is 373 Å². The van der Waals surface area contributed by atoms with Gasteiger partial charge in [0.05, 0.1) is 0 Å². The molecule has 4 heterocycles. The number of carbonyl (C=O) groups excluding carboxylic acids is 2. The molecule has 0 aromatic heterocycles. The van der Waals surface area contributed by atoms with Gasteiger partial charge in [-0.1, -0.05) is 125 Å². The van der Waals surface area contributed by atoms with Gasteiger partial charge in [-0.2, -0.15) is 0 Å². The summed E-state index contributed by atoms with van der Waals surface area (Å²) in [7, 11) is 0. The topological polar surface area (TPSA) is 145 Å². The first-order valence-electron chi connectivity index (χ1n) is 18.9. The average molecular weight is 1030 g/mol. The van der Waals surface area contributed by atoms with Crippen molar-refractivity contribution < 1.29 is 19.1 Å². The molecule has 10 nitrogen and oxygen atoms in total. The first kappa shape index (κ1) is 44.7. The number of nitrogens with two attached hydrogens (primary N) is 1. The average Bonchev–Trinajstić information content (AvgIpc) is 3.59. The predicted molar refractivity (Wildman–Crippen MR) is 247 cm³/mol. The number of guanidine groups is 1. The van der Waals surface area contributed by atoms with Crippen molar-refractivity contribution in [3.8, 4) is 11.5 Å². The zero-order chi connectivity index (χ0) is 38.7. The Kier molecular flexibility index (Phi) is 15.0. The van der Waals surface area contributed by atoms with E-state index in [-0.39, 0.29) is 60.1 Å². The molecule has 2 amide bonds. The van der Waals surface area contributed by atoms with Gasteiger partial charge in [0.2, 0.25) is 0 Å². The molecule has 4 atom stereocenters. The summed E-state index contributed by atoms with van der Waals surface area (Å²) in [6.45, 7) is 7.53. The fraction of sp³-hybridized carbons (Fsp3) is 0.349. The van der Waals surface area contributed by atoms with E-state index in [0.717, 1.165) is 67.1 Å². The molecule has 4 aromatic rings. The number of thioether (sulfide) groups is 1. The molecular weight excluding hydrogens is 983 g/mol. The van der Waals surface area contributed by atoms with Gasteiger partial charge in [0.15, 0.2) is 22.2 Å². The minimum atomic E-state index is -1.03. The summed E-state index contributed by atoms with van der Waals surface area (Å²) in [6, 6.07) is 31.7. The summed E-state index contributed by atoms with van der Waals surface area (Å²) < 4.78 is 14.4. The summed E-state index contributed by atoms with van der Waals surface area (Å²) in [5.74, 6) is 2.66. The lowest BCUT2D eigenvalue weighted by molar-refractivity contribution is -0.134. The van der Waals surface area contributed by atoms with Crippen LogP contribution < -0.4 is 21.4 Å². The fourth-order valence-electron chi connectivity index (χ4n) is 7.70. The lowest BCUT2D eigenvalue weighted by Gasteiger charge is -2.37. The summed E-state index contributed by atoms with van der Waals surface area (Å²) in [4.78, 5) is 40.5. The second-order valence-corrected chi connectivity index (χ2v) is 17.0. The van der Waals surface area contributed by atoms with Crippen molar-refractivity contribution in [2.75, 3.05) is 18.8 Å². The van der Waals surface area contributed by atoms with Crippen LogP contribution in [0.5, 0.6) is 11.5 Å². The largest absolute Gasteiger partial charge is 0.485 e. The van der Waals surface area contributed by atoms with E-state index in [0.29, 0.717) is 31.7 Å². The molecule has 4 unspecified atom stereocenters. The lowest BCUT2D eigenvalue weighted by Crippen LogP contribution is -2.45. The number of hydrogen-bond acceptors (Lipinski definition) is 9. The Balaban J connectivity index is 0.000000211. The molecule has 0 radical (unpaired) electrons. The summed E-state index contributed by atoms with van der Waals surface area (Å²) in [6.07, 6.45) is 3.24. The molecule has 0 fully saturated rings. The van der Waals surface area contributed by atoms with Crippen molar-refractivity contribution in [2.45, 2.75) is 76.2 Å². The van der Waals surface area contributed by atoms with E-state index in [2.05, 4.69) is 62.8 Å². The second-order valence-electron chi connectivity index (χ2n) is 14.1. The van der Waals surface area contributed by atoms with Crippen molar-refractivity contribution in [1.29, 1.82) is 0 Å². The Morgan fingerprint density at radius 2 is 1.16 bits per heavy atom. The van der Waals surface area contributed by atoms with Gasteiger partial charge in [0, 0.05) is 51.8 Å². The Morgan fingerprint density at radius 3 is 1.63 bits per heavy atom. The molecule has 0 saturated heterocycles. The predicted octanol–water partition coefficient (Wildman–Crippen LogP) is 10.4. The SMILES string of the molecule is CCCN1C(=O)C2(CC(c3ccccc3)Oc3ccc(Br)cc32)N=C1N.CCCSC1=NC2(CC(c3ccccc3)Oc3ccc(Br)cc32)C(=O)N1CCC.I.N. The number of fused-ring (bicyclic) bond motifs is 4. The number of ether oxygens (including phenoxy) is 2. The highest BCUT2D eigenvalue weighted by Gasteiger charge is 2.56. The zero-order valence-corrected chi connectivity index (χ0v) is 38.6. The third kappa shape index (κ3) is 8.66. The van der Waals surface area contributed by atoms with E-state index in [4.69, 9.17) is 20.2 Å². The molecular formula is C43H49Br2IN6O4S. The molecule has 4 aliphatic rings. The van der Waals surface area contributed by atoms with Crippen LogP contribution >= 0.6 is 67.6 Å². The molecule has 5 N–H and O–H groups in total. The van der Waals surface area contributed by atoms with Crippen molar-refractivity contribution in [3.63, 3.8) is 0 Å². The first-order chi connectivity index (χ1) is 26.6. The standard InChI is InChI=1S/C23H25BrN2O2S.C20H20BrN3O2.HI.H3N/c1-3-12-26-21(27)23(25-22(26)29-13-4-2)15-20(16-8-6-5-7-9-16)28-19-11-10-17(24)14-18(19)23;1-2-10-24-18(25)20(23-19(24)22)12-17(13-6-4-3-5-7-13)26-16-9-8-14(21)11-15(16)20;;/h5-11,14,20H,3-4,12-13,15H2,1-2H3;3-9,11,17H,2,10,12H2,1H3,(H2,22,23);1H;1H3. The third-order valence-corrected chi connectivity index (χ3v) is 12.4. The number of amides is 2. The van der Waals surface area contributed by atoms with Gasteiger partial charge in [-0.15, -0.1) is 24.0 Å². The Bertz CT molecular complexity index is 2130. The number of rotatable bonds is 8. The van der Waals surface area contributed by atoms with Crippen LogP contribution in [0.25, 0.3) is 0 Å². The molecule has 14 heteroatoms. The molecule has 0 aliphatic carbocycles. The highest BCUT2D eigenvalue weighted by atomic mass is 127. The van der Waals surface area contributed by atoms with E-state index in [1.165, 1.54) is 0 Å². The Morgan fingerprint density at radius 1 is 0.702 bits per heavy atom. The van der Waals surface area contributed by atoms with Crippen molar-refractivity contribution in [1.82, 2.24) is 16.0 Å². The van der Waals surface area contributed by atoms with Gasteiger partial charge in [-0.25, -0.2) is 9.98 Å². The third-order valence-electron chi connectivity index (χ3n) is 10.2. The molecule has 8 rings (SSSR count). The number of amidine groups is 1. The van der Waals surface area contributed by atoms with Crippen LogP contribution in [0, 0.1) is 0 Å². The molecule has 0 bridgehead atoms. The highest BCUT2D eigenvalue weighted by Crippen LogP contribution is 2.52. The maximum absolute atomic E-state index is 13.8. The van der Waals surface area contributed by atoms with Crippen molar-refractivity contribution in [2.24, 2.45) is 15.7 Å². The lowest BCUT2D eigenvalue weighted by atomic mass is 9.80. The first-order valence-corrected chi connectivity index (χ1v) is 21.5. The number of hydrogen-bond donors (Lipinski definition) is 2. The molecule has 4 aliphatic heterocycles. The minimum Gasteiger partial charge on any atom is -0.485 e. The molecule has 57 heavy (non-hydrogen) atoms. The summed E-state index contributed by atoms with van der Waals surface area (Å²) in [5.41, 5.74) is 7.91. The number of carbonyl (C=O) groups is 2. The molecule has 4 aromatic carbocycles. The highest BCUT2D eigenvalue weighted by molar-refractivity contribution is 14.0. The summed E-state index contributed by atoms with van der Waals surface area (Å²) >= 11 is 8.75. The number of nitrogens with zero attached hydrogens (tertiary/aromatic N) is 4. The number of aliphatic imine (C=N–C) groups is 2. The van der Waals surface area contributed by atoms with Gasteiger partial charge in [-0.05, 0) is 66.8 Å². The van der Waals surface area contributed by atoms with Gasteiger partial charge in [-0.3, -0.25) is 19.4 Å². The van der Waals surface area contributed by atoms with Crippen LogP contribution in [0.1, 0.15) is 87.3 Å². The normalized spacial score (nSPS) is 22.9. The van der Waals surface area contributed by atoms with Gasteiger partial charge in [0.1, 0.15) is 23.7 Å². The fourth-order valence-corrected chi connectivity index (χ4v) is 9.36. The number of benzene rings is 4. The Hall–Kier alpha value is -3.44. The van der Waals surface area contributed by atoms with Gasteiger partial charge in [0.25, 0.3) is 11.8 Å². The van der Waals surface area contributed by atoms with Crippen LogP contribution in [0.3, 0.4) is 0 Å². The minimum absolute atomic E-state index is 0. The monoisotopic (exact) mass is 1030 g/mol. The maximum Gasteiger partial charge on any atom is 0.262 e. The van der Waals surface area contributed by atoms with E-state index in [9.17, 15) is 9.59 Å². The zero-order valence-electron chi connectivity index (χ0n) is 32.3. The van der Waals surface area contributed by atoms with Gasteiger partial charge >= 0.3 is 0 Å². The van der Waals surface area contributed by atoms with Crippen molar-refractivity contribution >= 4 is 90.5 Å².